The summed E-state index contributed by atoms with van der Waals surface area (Å²) in [7, 11) is 0. The number of fused-ring (bicyclic) bond motifs is 1. The number of nitrogens with zero attached hydrogens (tertiary/aromatic N) is 1. The molecule has 2 aromatic rings. The van der Waals surface area contributed by atoms with Crippen molar-refractivity contribution < 1.29 is 0 Å². The van der Waals surface area contributed by atoms with Gasteiger partial charge in [-0.05, 0) is 12.1 Å². The van der Waals surface area contributed by atoms with Gasteiger partial charge in [-0.3, -0.25) is 0 Å². The minimum atomic E-state index is 0.609. The Morgan fingerprint density at radius 3 is 3.00 bits per heavy atom. The van der Waals surface area contributed by atoms with Crippen LogP contribution in [0.4, 0.5) is 0 Å². The zero-order chi connectivity index (χ0) is 10.1. The molecule has 0 amide bonds. The summed E-state index contributed by atoms with van der Waals surface area (Å²) in [5.41, 5.74) is 0.881. The second kappa shape index (κ2) is 3.67. The molecular weight excluding hydrogens is 216 g/mol. The smallest absolute Gasteiger partial charge is 0.137 e. The summed E-state index contributed by atoms with van der Waals surface area (Å²) < 4.78 is 0.609. The molecule has 0 spiro atoms. The van der Waals surface area contributed by atoms with Gasteiger partial charge in [0.2, 0.25) is 0 Å². The molecule has 2 nitrogen and oxygen atoms in total. The van der Waals surface area contributed by atoms with Crippen LogP contribution in [0.25, 0.3) is 10.9 Å². The molecule has 0 bridgehead atoms. The number of benzene rings is 1. The van der Waals surface area contributed by atoms with Gasteiger partial charge in [0.05, 0.1) is 10.5 Å². The van der Waals surface area contributed by atoms with Crippen molar-refractivity contribution in [3.05, 3.63) is 33.7 Å². The average molecular weight is 225 g/mol. The molecule has 14 heavy (non-hydrogen) atoms. The lowest BCUT2D eigenvalue weighted by molar-refractivity contribution is 0.955. The molecular formula is C10H9ClN2S. The van der Waals surface area contributed by atoms with Crippen LogP contribution < -0.4 is 0 Å². The molecule has 0 aliphatic rings. The van der Waals surface area contributed by atoms with E-state index in [4.69, 9.17) is 23.8 Å². The third-order valence-electron chi connectivity index (χ3n) is 2.08. The summed E-state index contributed by atoms with van der Waals surface area (Å²) >= 11 is 11.2. The number of halogens is 1. The van der Waals surface area contributed by atoms with Gasteiger partial charge < -0.3 is 4.98 Å². The minimum Gasteiger partial charge on any atom is -0.342 e. The zero-order valence-electron chi connectivity index (χ0n) is 7.67. The van der Waals surface area contributed by atoms with Crippen LogP contribution in [0.3, 0.4) is 0 Å². The molecule has 1 aromatic heterocycles. The van der Waals surface area contributed by atoms with Crippen molar-refractivity contribution in [1.29, 1.82) is 0 Å². The first-order valence-electron chi connectivity index (χ1n) is 4.39. The summed E-state index contributed by atoms with van der Waals surface area (Å²) in [5, 5.41) is 1.59. The van der Waals surface area contributed by atoms with Crippen LogP contribution in [0.1, 0.15) is 12.7 Å². The molecule has 0 saturated carbocycles. The van der Waals surface area contributed by atoms with Gasteiger partial charge in [0, 0.05) is 11.8 Å². The first kappa shape index (κ1) is 9.62. The number of rotatable bonds is 1. The maximum Gasteiger partial charge on any atom is 0.137 e. The van der Waals surface area contributed by atoms with Crippen LogP contribution in [0.2, 0.25) is 5.02 Å². The Morgan fingerprint density at radius 2 is 2.29 bits per heavy atom. The number of nitrogens with one attached hydrogen (secondary N) is 1. The molecule has 0 saturated heterocycles. The van der Waals surface area contributed by atoms with E-state index >= 15 is 0 Å². The van der Waals surface area contributed by atoms with Gasteiger partial charge >= 0.3 is 0 Å². The van der Waals surface area contributed by atoms with E-state index in [9.17, 15) is 0 Å². The maximum atomic E-state index is 6.05. The van der Waals surface area contributed by atoms with Crippen molar-refractivity contribution in [1.82, 2.24) is 9.97 Å². The van der Waals surface area contributed by atoms with E-state index in [1.54, 1.807) is 0 Å². The fourth-order valence-electron chi connectivity index (χ4n) is 1.35. The van der Waals surface area contributed by atoms with Gasteiger partial charge in [-0.1, -0.05) is 36.8 Å². The summed E-state index contributed by atoms with van der Waals surface area (Å²) in [4.78, 5) is 7.44. The first-order chi connectivity index (χ1) is 6.72. The molecule has 0 unspecified atom stereocenters. The molecule has 0 aliphatic heterocycles. The van der Waals surface area contributed by atoms with Crippen LogP contribution in [-0.2, 0) is 6.42 Å². The highest BCUT2D eigenvalue weighted by Gasteiger charge is 2.02. The third kappa shape index (κ3) is 1.53. The molecule has 1 aromatic carbocycles. The Morgan fingerprint density at radius 1 is 1.50 bits per heavy atom. The number of aryl methyl sites for hydroxylation is 1. The van der Waals surface area contributed by atoms with E-state index in [1.165, 1.54) is 0 Å². The topological polar surface area (TPSA) is 28.7 Å². The molecule has 1 heterocycles. The second-order valence-corrected chi connectivity index (χ2v) is 3.80. The van der Waals surface area contributed by atoms with E-state index in [0.717, 1.165) is 23.1 Å². The molecule has 0 atom stereocenters. The summed E-state index contributed by atoms with van der Waals surface area (Å²) in [6.45, 7) is 2.02. The largest absolute Gasteiger partial charge is 0.342 e. The number of hydrogen-bond donors (Lipinski definition) is 1. The lowest BCUT2D eigenvalue weighted by Crippen LogP contribution is -1.94. The normalized spacial score (nSPS) is 10.7. The molecule has 1 N–H and O–H groups in total. The van der Waals surface area contributed by atoms with Crippen LogP contribution in [0.15, 0.2) is 18.2 Å². The maximum absolute atomic E-state index is 6.05. The molecule has 2 rings (SSSR count). The first-order valence-corrected chi connectivity index (χ1v) is 5.18. The molecule has 0 aliphatic carbocycles. The van der Waals surface area contributed by atoms with E-state index in [0.29, 0.717) is 9.66 Å². The Labute approximate surface area is 91.9 Å². The number of aromatic amines is 1. The van der Waals surface area contributed by atoms with Crippen molar-refractivity contribution in [2.45, 2.75) is 13.3 Å². The number of aromatic nitrogens is 2. The lowest BCUT2D eigenvalue weighted by atomic mass is 10.2. The average Bonchev–Trinajstić information content (AvgIpc) is 2.19. The highest BCUT2D eigenvalue weighted by molar-refractivity contribution is 7.71. The number of H-pyrrole nitrogens is 1. The van der Waals surface area contributed by atoms with Crippen molar-refractivity contribution in [3.8, 4) is 0 Å². The van der Waals surface area contributed by atoms with Crippen LogP contribution in [0, 0.1) is 4.64 Å². The van der Waals surface area contributed by atoms with Crippen molar-refractivity contribution in [3.63, 3.8) is 0 Å². The van der Waals surface area contributed by atoms with Crippen molar-refractivity contribution >= 4 is 34.7 Å². The molecule has 72 valence electrons. The van der Waals surface area contributed by atoms with Gasteiger partial charge in [0.15, 0.2) is 0 Å². The Balaban J connectivity index is 2.91. The number of para-hydroxylation sites is 1. The Kier molecular flexibility index (Phi) is 2.52. The quantitative estimate of drug-likeness (QED) is 0.751. The minimum absolute atomic E-state index is 0.609. The molecule has 0 radical (unpaired) electrons. The predicted molar refractivity (Wildman–Crippen MR) is 61.3 cm³/mol. The van der Waals surface area contributed by atoms with Crippen LogP contribution >= 0.6 is 23.8 Å². The summed E-state index contributed by atoms with van der Waals surface area (Å²) in [6.07, 6.45) is 0.824. The van der Waals surface area contributed by atoms with Gasteiger partial charge in [0.25, 0.3) is 0 Å². The van der Waals surface area contributed by atoms with Gasteiger partial charge in [-0.15, -0.1) is 0 Å². The fourth-order valence-corrected chi connectivity index (χ4v) is 1.85. The predicted octanol–water partition coefficient (Wildman–Crippen LogP) is 3.51. The van der Waals surface area contributed by atoms with E-state index in [2.05, 4.69) is 9.97 Å². The Hall–Kier alpha value is -0.930. The van der Waals surface area contributed by atoms with Crippen LogP contribution in [0.5, 0.6) is 0 Å². The Bertz CT molecular complexity index is 533. The lowest BCUT2D eigenvalue weighted by Gasteiger charge is -2.03. The zero-order valence-corrected chi connectivity index (χ0v) is 9.25. The second-order valence-electron chi connectivity index (χ2n) is 3.00. The third-order valence-corrected chi connectivity index (χ3v) is 2.71. The van der Waals surface area contributed by atoms with E-state index in [1.807, 2.05) is 25.1 Å². The van der Waals surface area contributed by atoms with Gasteiger partial charge in [-0.25, -0.2) is 4.98 Å². The number of hydrogen-bond acceptors (Lipinski definition) is 2. The highest BCUT2D eigenvalue weighted by Crippen LogP contribution is 2.21. The van der Waals surface area contributed by atoms with Crippen molar-refractivity contribution in [2.75, 3.05) is 0 Å². The van der Waals surface area contributed by atoms with E-state index < -0.39 is 0 Å². The van der Waals surface area contributed by atoms with Gasteiger partial charge in [-0.2, -0.15) is 0 Å². The highest BCUT2D eigenvalue weighted by atomic mass is 35.5. The molecule has 0 fully saturated rings. The summed E-state index contributed by atoms with van der Waals surface area (Å²) in [5.74, 6) is 0.871. The monoisotopic (exact) mass is 224 g/mol. The van der Waals surface area contributed by atoms with Crippen LogP contribution in [-0.4, -0.2) is 9.97 Å². The van der Waals surface area contributed by atoms with E-state index in [-0.39, 0.29) is 0 Å². The summed E-state index contributed by atoms with van der Waals surface area (Å²) in [6, 6.07) is 5.64. The van der Waals surface area contributed by atoms with Crippen molar-refractivity contribution in [2.24, 2.45) is 0 Å². The van der Waals surface area contributed by atoms with Gasteiger partial charge in [0.1, 0.15) is 10.5 Å². The standard InChI is InChI=1S/C10H9ClN2S/c1-2-8-12-9-6(10(14)13-8)4-3-5-7(9)11/h3-5H,2H2,1H3,(H,12,13,14). The fraction of sp³-hybridized carbons (Fsp3) is 0.200. The SMILES string of the molecule is CCc1nc(=S)c2cccc(Cl)c2[nH]1. The molecule has 4 heteroatoms.